The normalized spacial score (nSPS) is 17.6. The molecule has 0 bridgehead atoms. The number of nitrogens with one attached hydrogen (secondary N) is 1. The summed E-state index contributed by atoms with van der Waals surface area (Å²) in [6.07, 6.45) is 3.71. The molecule has 24 heavy (non-hydrogen) atoms. The van der Waals surface area contributed by atoms with Crippen LogP contribution >= 0.6 is 0 Å². The smallest absolute Gasteiger partial charge is 0.146 e. The van der Waals surface area contributed by atoms with Gasteiger partial charge in [-0.3, -0.25) is 9.11 Å². The SMILES string of the molecule is C[S@@](=O)c1ccc(CN2CCC(Nc3ccccc3F)CC2)cc1. The Morgan fingerprint density at radius 2 is 1.79 bits per heavy atom. The van der Waals surface area contributed by atoms with E-state index < -0.39 is 10.8 Å². The summed E-state index contributed by atoms with van der Waals surface area (Å²) in [6, 6.07) is 15.2. The Labute approximate surface area is 145 Å². The lowest BCUT2D eigenvalue weighted by Gasteiger charge is -2.33. The minimum absolute atomic E-state index is 0.187. The molecule has 0 aromatic heterocycles. The molecule has 1 atom stereocenters. The van der Waals surface area contributed by atoms with Crippen molar-refractivity contribution in [3.05, 3.63) is 59.9 Å². The second kappa shape index (κ2) is 7.90. The van der Waals surface area contributed by atoms with Crippen LogP contribution in [0.5, 0.6) is 0 Å². The molecule has 1 aliphatic heterocycles. The minimum atomic E-state index is -0.923. The molecule has 1 N–H and O–H groups in total. The van der Waals surface area contributed by atoms with E-state index in [1.165, 1.54) is 11.6 Å². The molecule has 0 unspecified atom stereocenters. The fourth-order valence-electron chi connectivity index (χ4n) is 3.08. The molecular formula is C19H23FN2OS. The Morgan fingerprint density at radius 3 is 2.42 bits per heavy atom. The van der Waals surface area contributed by atoms with Crippen LogP contribution in [0.2, 0.25) is 0 Å². The predicted octanol–water partition coefficient (Wildman–Crippen LogP) is 3.64. The zero-order chi connectivity index (χ0) is 16.9. The summed E-state index contributed by atoms with van der Waals surface area (Å²) < 4.78 is 25.1. The summed E-state index contributed by atoms with van der Waals surface area (Å²) in [5, 5.41) is 3.32. The number of hydrogen-bond acceptors (Lipinski definition) is 3. The van der Waals surface area contributed by atoms with Gasteiger partial charge in [0.1, 0.15) is 5.82 Å². The molecule has 0 amide bonds. The Morgan fingerprint density at radius 1 is 1.12 bits per heavy atom. The average Bonchev–Trinajstić information content (AvgIpc) is 2.59. The Kier molecular flexibility index (Phi) is 5.63. The molecule has 2 aromatic rings. The van der Waals surface area contributed by atoms with E-state index in [1.807, 2.05) is 18.2 Å². The van der Waals surface area contributed by atoms with Crippen LogP contribution < -0.4 is 5.32 Å². The Balaban J connectivity index is 1.50. The maximum absolute atomic E-state index is 13.7. The molecular weight excluding hydrogens is 323 g/mol. The molecule has 3 rings (SSSR count). The van der Waals surface area contributed by atoms with Crippen LogP contribution in [0.1, 0.15) is 18.4 Å². The van der Waals surface area contributed by atoms with Crippen LogP contribution in [0.15, 0.2) is 53.4 Å². The zero-order valence-corrected chi connectivity index (χ0v) is 14.7. The molecule has 0 radical (unpaired) electrons. The molecule has 5 heteroatoms. The number of halogens is 1. The van der Waals surface area contributed by atoms with Crippen LogP contribution in [0.25, 0.3) is 0 Å². The maximum Gasteiger partial charge on any atom is 0.146 e. The van der Waals surface area contributed by atoms with Crippen LogP contribution in [-0.2, 0) is 17.3 Å². The molecule has 3 nitrogen and oxygen atoms in total. The fraction of sp³-hybridized carbons (Fsp3) is 0.368. The van der Waals surface area contributed by atoms with Crippen LogP contribution in [0, 0.1) is 5.82 Å². The van der Waals surface area contributed by atoms with E-state index in [1.54, 1.807) is 18.4 Å². The molecule has 0 aliphatic carbocycles. The molecule has 1 saturated heterocycles. The van der Waals surface area contributed by atoms with E-state index in [4.69, 9.17) is 0 Å². The second-order valence-electron chi connectivity index (χ2n) is 6.27. The van der Waals surface area contributed by atoms with E-state index in [0.29, 0.717) is 11.7 Å². The fourth-order valence-corrected chi connectivity index (χ4v) is 3.60. The van der Waals surface area contributed by atoms with Crippen molar-refractivity contribution < 1.29 is 8.60 Å². The number of para-hydroxylation sites is 1. The van der Waals surface area contributed by atoms with E-state index in [-0.39, 0.29) is 5.82 Å². The minimum Gasteiger partial charge on any atom is -0.380 e. The summed E-state index contributed by atoms with van der Waals surface area (Å²) in [6.45, 7) is 2.89. The van der Waals surface area contributed by atoms with Gasteiger partial charge in [0, 0.05) is 47.6 Å². The summed E-state index contributed by atoms with van der Waals surface area (Å²) in [7, 11) is -0.923. The average molecular weight is 346 g/mol. The third-order valence-electron chi connectivity index (χ3n) is 4.48. The second-order valence-corrected chi connectivity index (χ2v) is 7.65. The lowest BCUT2D eigenvalue weighted by atomic mass is 10.0. The van der Waals surface area contributed by atoms with Gasteiger partial charge in [-0.05, 0) is 42.7 Å². The van der Waals surface area contributed by atoms with Crippen LogP contribution in [0.3, 0.4) is 0 Å². The van der Waals surface area contributed by atoms with Crippen molar-refractivity contribution in [2.24, 2.45) is 0 Å². The van der Waals surface area contributed by atoms with Gasteiger partial charge in [-0.25, -0.2) is 4.39 Å². The van der Waals surface area contributed by atoms with Crippen molar-refractivity contribution in [3.8, 4) is 0 Å². The van der Waals surface area contributed by atoms with Gasteiger partial charge in [-0.2, -0.15) is 0 Å². The number of rotatable bonds is 5. The number of hydrogen-bond donors (Lipinski definition) is 1. The summed E-state index contributed by atoms with van der Waals surface area (Å²) >= 11 is 0. The topological polar surface area (TPSA) is 32.3 Å². The molecule has 0 spiro atoms. The van der Waals surface area contributed by atoms with E-state index >= 15 is 0 Å². The van der Waals surface area contributed by atoms with Crippen molar-refractivity contribution in [2.45, 2.75) is 30.3 Å². The number of likely N-dealkylation sites (tertiary alicyclic amines) is 1. The molecule has 1 fully saturated rings. The largest absolute Gasteiger partial charge is 0.380 e. The van der Waals surface area contributed by atoms with E-state index in [0.717, 1.165) is 37.4 Å². The highest BCUT2D eigenvalue weighted by Crippen LogP contribution is 2.20. The summed E-state index contributed by atoms with van der Waals surface area (Å²) in [5.41, 5.74) is 1.84. The highest BCUT2D eigenvalue weighted by Gasteiger charge is 2.19. The first-order chi connectivity index (χ1) is 11.6. The van der Waals surface area contributed by atoms with Gasteiger partial charge < -0.3 is 5.32 Å². The van der Waals surface area contributed by atoms with Gasteiger partial charge >= 0.3 is 0 Å². The zero-order valence-electron chi connectivity index (χ0n) is 13.9. The Bertz CT molecular complexity index is 697. The van der Waals surface area contributed by atoms with Crippen molar-refractivity contribution in [1.29, 1.82) is 0 Å². The van der Waals surface area contributed by atoms with Crippen LogP contribution in [0.4, 0.5) is 10.1 Å². The molecule has 1 aliphatic rings. The predicted molar refractivity (Wildman–Crippen MR) is 97.1 cm³/mol. The van der Waals surface area contributed by atoms with E-state index in [2.05, 4.69) is 22.3 Å². The summed E-state index contributed by atoms with van der Waals surface area (Å²) in [5.74, 6) is -0.187. The molecule has 1 heterocycles. The lowest BCUT2D eigenvalue weighted by molar-refractivity contribution is 0.211. The quantitative estimate of drug-likeness (QED) is 0.897. The van der Waals surface area contributed by atoms with Gasteiger partial charge in [0.05, 0.1) is 5.69 Å². The monoisotopic (exact) mass is 346 g/mol. The van der Waals surface area contributed by atoms with E-state index in [9.17, 15) is 8.60 Å². The van der Waals surface area contributed by atoms with Gasteiger partial charge in [0.25, 0.3) is 0 Å². The lowest BCUT2D eigenvalue weighted by Crippen LogP contribution is -2.38. The van der Waals surface area contributed by atoms with Crippen molar-refractivity contribution in [2.75, 3.05) is 24.7 Å². The standard InChI is InChI=1S/C19H23FN2OS/c1-24(23)17-8-6-15(7-9-17)14-22-12-10-16(11-13-22)21-19-5-3-2-4-18(19)20/h2-9,16,21H,10-14H2,1H3/t24-/m1/s1. The van der Waals surface area contributed by atoms with Gasteiger partial charge in [0.2, 0.25) is 0 Å². The number of piperidine rings is 1. The molecule has 128 valence electrons. The van der Waals surface area contributed by atoms with Crippen LogP contribution in [-0.4, -0.2) is 34.5 Å². The highest BCUT2D eigenvalue weighted by molar-refractivity contribution is 7.84. The number of nitrogens with zero attached hydrogens (tertiary/aromatic N) is 1. The molecule has 0 saturated carbocycles. The first kappa shape index (κ1) is 17.1. The summed E-state index contributed by atoms with van der Waals surface area (Å²) in [4.78, 5) is 3.28. The van der Waals surface area contributed by atoms with Crippen molar-refractivity contribution in [3.63, 3.8) is 0 Å². The number of anilines is 1. The van der Waals surface area contributed by atoms with Crippen molar-refractivity contribution >= 4 is 16.5 Å². The first-order valence-corrected chi connectivity index (χ1v) is 9.83. The highest BCUT2D eigenvalue weighted by atomic mass is 32.2. The van der Waals surface area contributed by atoms with Gasteiger partial charge in [-0.1, -0.05) is 24.3 Å². The maximum atomic E-state index is 13.7. The Hall–Kier alpha value is -1.72. The third kappa shape index (κ3) is 4.42. The third-order valence-corrected chi connectivity index (χ3v) is 5.42. The first-order valence-electron chi connectivity index (χ1n) is 8.27. The molecule has 2 aromatic carbocycles. The van der Waals surface area contributed by atoms with Crippen molar-refractivity contribution in [1.82, 2.24) is 4.90 Å². The van der Waals surface area contributed by atoms with Gasteiger partial charge in [-0.15, -0.1) is 0 Å². The number of benzene rings is 2. The van der Waals surface area contributed by atoms with Gasteiger partial charge in [0.15, 0.2) is 0 Å².